The van der Waals surface area contributed by atoms with Crippen LogP contribution in [0.25, 0.3) is 0 Å². The smallest absolute Gasteiger partial charge is 0.251 e. The topological polar surface area (TPSA) is 108 Å². The first-order valence-corrected chi connectivity index (χ1v) is 15.2. The molecule has 3 aromatic rings. The molecule has 218 valence electrons. The van der Waals surface area contributed by atoms with Crippen LogP contribution in [0.3, 0.4) is 0 Å². The SMILES string of the molecule is CC(C)(C)NS(=O)(=O)c1ccc(NC(=O)[C@H](CC2CCN(c3ccccc3)CC2)NC(=O)c2ccc(F)cc2)cc1. The lowest BCUT2D eigenvalue weighted by molar-refractivity contribution is -0.118. The standard InChI is InChI=1S/C31H37FN4O4S/c1-31(2,3)35-41(39,40)27-15-13-25(14-16-27)33-30(38)28(34-29(37)23-9-11-24(32)12-10-23)21-22-17-19-36(20-18-22)26-7-5-4-6-8-26/h4-16,22,28,35H,17-21H2,1-3H3,(H,33,38)(H,34,37)/t28-/m0/s1. The summed E-state index contributed by atoms with van der Waals surface area (Å²) in [5.41, 5.74) is 1.18. The quantitative estimate of drug-likeness (QED) is 0.332. The molecule has 3 N–H and O–H groups in total. The number of amides is 2. The summed E-state index contributed by atoms with van der Waals surface area (Å²) in [6, 6.07) is 20.4. The highest BCUT2D eigenvalue weighted by atomic mass is 32.2. The van der Waals surface area contributed by atoms with Crippen LogP contribution >= 0.6 is 0 Å². The summed E-state index contributed by atoms with van der Waals surface area (Å²) in [5.74, 6) is -1.13. The number of nitrogens with zero attached hydrogens (tertiary/aromatic N) is 1. The van der Waals surface area contributed by atoms with Gasteiger partial charge in [0.1, 0.15) is 11.9 Å². The van der Waals surface area contributed by atoms with Gasteiger partial charge in [-0.05, 0) is 107 Å². The number of hydrogen-bond acceptors (Lipinski definition) is 5. The zero-order valence-corrected chi connectivity index (χ0v) is 24.4. The number of halogens is 1. The van der Waals surface area contributed by atoms with Gasteiger partial charge in [-0.25, -0.2) is 17.5 Å². The average molecular weight is 581 g/mol. The van der Waals surface area contributed by atoms with Gasteiger partial charge in [0.15, 0.2) is 0 Å². The van der Waals surface area contributed by atoms with Gasteiger partial charge in [0, 0.05) is 35.6 Å². The van der Waals surface area contributed by atoms with Crippen LogP contribution < -0.4 is 20.3 Å². The van der Waals surface area contributed by atoms with Gasteiger partial charge in [-0.2, -0.15) is 0 Å². The molecule has 0 bridgehead atoms. The van der Waals surface area contributed by atoms with Crippen molar-refractivity contribution in [3.8, 4) is 0 Å². The number of para-hydroxylation sites is 1. The van der Waals surface area contributed by atoms with Crippen LogP contribution in [0.4, 0.5) is 15.8 Å². The van der Waals surface area contributed by atoms with E-state index in [1.54, 1.807) is 20.8 Å². The van der Waals surface area contributed by atoms with E-state index in [1.807, 2.05) is 18.2 Å². The molecule has 1 atom stereocenters. The molecule has 0 saturated carbocycles. The third-order valence-corrected chi connectivity index (χ3v) is 8.68. The fraction of sp³-hybridized carbons (Fsp3) is 0.355. The summed E-state index contributed by atoms with van der Waals surface area (Å²) >= 11 is 0. The van der Waals surface area contributed by atoms with Gasteiger partial charge in [0.2, 0.25) is 15.9 Å². The van der Waals surface area contributed by atoms with Crippen LogP contribution in [0.2, 0.25) is 0 Å². The summed E-state index contributed by atoms with van der Waals surface area (Å²) in [6.45, 7) is 6.95. The van der Waals surface area contributed by atoms with E-state index in [-0.39, 0.29) is 16.4 Å². The lowest BCUT2D eigenvalue weighted by Crippen LogP contribution is -2.46. The number of hydrogen-bond donors (Lipinski definition) is 3. The van der Waals surface area contributed by atoms with Gasteiger partial charge in [-0.3, -0.25) is 9.59 Å². The molecule has 1 saturated heterocycles. The molecule has 0 spiro atoms. The normalized spacial score (nSPS) is 15.3. The largest absolute Gasteiger partial charge is 0.372 e. The monoisotopic (exact) mass is 580 g/mol. The van der Waals surface area contributed by atoms with Crippen LogP contribution in [-0.4, -0.2) is 44.9 Å². The summed E-state index contributed by atoms with van der Waals surface area (Å²) < 4.78 is 41.2. The average Bonchev–Trinajstić information content (AvgIpc) is 2.93. The molecule has 1 aliphatic rings. The van der Waals surface area contributed by atoms with E-state index in [0.717, 1.165) is 31.6 Å². The van der Waals surface area contributed by atoms with Crippen molar-refractivity contribution in [3.05, 3.63) is 90.2 Å². The van der Waals surface area contributed by atoms with Crippen molar-refractivity contribution >= 4 is 33.2 Å². The highest BCUT2D eigenvalue weighted by molar-refractivity contribution is 7.89. The second-order valence-electron chi connectivity index (χ2n) is 11.4. The fourth-order valence-electron chi connectivity index (χ4n) is 4.88. The predicted octanol–water partition coefficient (Wildman–Crippen LogP) is 4.95. The molecule has 1 heterocycles. The zero-order chi connectivity index (χ0) is 29.6. The highest BCUT2D eigenvalue weighted by Crippen LogP contribution is 2.27. The number of nitrogens with one attached hydrogen (secondary N) is 3. The van der Waals surface area contributed by atoms with E-state index in [9.17, 15) is 22.4 Å². The number of benzene rings is 3. The Labute approximate surface area is 241 Å². The van der Waals surface area contributed by atoms with Crippen LogP contribution in [0.15, 0.2) is 83.8 Å². The summed E-state index contributed by atoms with van der Waals surface area (Å²) in [7, 11) is -3.72. The third kappa shape index (κ3) is 8.61. The number of anilines is 2. The van der Waals surface area contributed by atoms with Gasteiger partial charge in [-0.15, -0.1) is 0 Å². The molecule has 1 fully saturated rings. The Morgan fingerprint density at radius 1 is 0.927 bits per heavy atom. The Morgan fingerprint density at radius 2 is 1.54 bits per heavy atom. The number of sulfonamides is 1. The molecule has 0 aromatic heterocycles. The Hall–Kier alpha value is -3.76. The molecule has 4 rings (SSSR count). The Balaban J connectivity index is 1.45. The maximum atomic E-state index is 13.4. The summed E-state index contributed by atoms with van der Waals surface area (Å²) in [6.07, 6.45) is 2.15. The van der Waals surface area contributed by atoms with E-state index < -0.39 is 39.2 Å². The second kappa shape index (κ2) is 12.8. The van der Waals surface area contributed by atoms with E-state index in [1.165, 1.54) is 48.5 Å². The molecule has 2 amide bonds. The minimum Gasteiger partial charge on any atom is -0.372 e. The number of carbonyl (C=O) groups is 2. The van der Waals surface area contributed by atoms with Crippen molar-refractivity contribution < 1.29 is 22.4 Å². The summed E-state index contributed by atoms with van der Waals surface area (Å²) in [4.78, 5) is 28.8. The predicted molar refractivity (Wildman–Crippen MR) is 159 cm³/mol. The van der Waals surface area contributed by atoms with Crippen molar-refractivity contribution in [2.24, 2.45) is 5.92 Å². The van der Waals surface area contributed by atoms with Crippen molar-refractivity contribution in [2.75, 3.05) is 23.3 Å². The minimum absolute atomic E-state index is 0.0803. The van der Waals surface area contributed by atoms with Gasteiger partial charge in [0.05, 0.1) is 4.90 Å². The van der Waals surface area contributed by atoms with Crippen LogP contribution in [0.1, 0.15) is 50.4 Å². The molecule has 10 heteroatoms. The molecule has 1 aliphatic heterocycles. The molecule has 3 aromatic carbocycles. The lowest BCUT2D eigenvalue weighted by Gasteiger charge is -2.35. The first-order valence-electron chi connectivity index (χ1n) is 13.7. The maximum Gasteiger partial charge on any atom is 0.251 e. The van der Waals surface area contributed by atoms with Crippen molar-refractivity contribution in [2.45, 2.75) is 56.5 Å². The molecule has 41 heavy (non-hydrogen) atoms. The van der Waals surface area contributed by atoms with Crippen LogP contribution in [-0.2, 0) is 14.8 Å². The molecule has 0 aliphatic carbocycles. The number of rotatable bonds is 9. The zero-order valence-electron chi connectivity index (χ0n) is 23.6. The van der Waals surface area contributed by atoms with Crippen LogP contribution in [0.5, 0.6) is 0 Å². The van der Waals surface area contributed by atoms with E-state index in [0.29, 0.717) is 12.1 Å². The third-order valence-electron chi connectivity index (χ3n) is 6.91. The minimum atomic E-state index is -3.72. The van der Waals surface area contributed by atoms with Gasteiger partial charge in [-0.1, -0.05) is 18.2 Å². The Kier molecular flexibility index (Phi) is 9.45. The van der Waals surface area contributed by atoms with E-state index >= 15 is 0 Å². The molecule has 0 radical (unpaired) electrons. The second-order valence-corrected chi connectivity index (χ2v) is 13.1. The lowest BCUT2D eigenvalue weighted by atomic mass is 9.89. The molecular weight excluding hydrogens is 543 g/mol. The van der Waals surface area contributed by atoms with Crippen LogP contribution in [0, 0.1) is 11.7 Å². The maximum absolute atomic E-state index is 13.4. The van der Waals surface area contributed by atoms with Crippen molar-refractivity contribution in [3.63, 3.8) is 0 Å². The number of carbonyl (C=O) groups excluding carboxylic acids is 2. The van der Waals surface area contributed by atoms with E-state index in [2.05, 4.69) is 32.4 Å². The highest BCUT2D eigenvalue weighted by Gasteiger charge is 2.28. The Bertz CT molecular complexity index is 1430. The Morgan fingerprint density at radius 3 is 2.12 bits per heavy atom. The molecule has 0 unspecified atom stereocenters. The van der Waals surface area contributed by atoms with Gasteiger partial charge >= 0.3 is 0 Å². The van der Waals surface area contributed by atoms with E-state index in [4.69, 9.17) is 0 Å². The van der Waals surface area contributed by atoms with Gasteiger partial charge in [0.25, 0.3) is 5.91 Å². The number of piperidine rings is 1. The molecule has 8 nitrogen and oxygen atoms in total. The van der Waals surface area contributed by atoms with Gasteiger partial charge < -0.3 is 15.5 Å². The first-order chi connectivity index (χ1) is 19.4. The first kappa shape index (κ1) is 30.2. The van der Waals surface area contributed by atoms with Crippen molar-refractivity contribution in [1.82, 2.24) is 10.0 Å². The fourth-order valence-corrected chi connectivity index (χ4v) is 6.30. The summed E-state index contributed by atoms with van der Waals surface area (Å²) in [5, 5.41) is 5.65. The van der Waals surface area contributed by atoms with Crippen molar-refractivity contribution in [1.29, 1.82) is 0 Å². The molecular formula is C31H37FN4O4S.